The van der Waals surface area contributed by atoms with Gasteiger partial charge in [0, 0.05) is 38.4 Å². The van der Waals surface area contributed by atoms with E-state index < -0.39 is 0 Å². The topological polar surface area (TPSA) is 69.3 Å². The number of carbonyl (C=O) groups excluding carboxylic acids is 1. The van der Waals surface area contributed by atoms with Gasteiger partial charge in [-0.05, 0) is 18.2 Å². The van der Waals surface area contributed by atoms with E-state index in [9.17, 15) is 9.59 Å². The molecule has 1 aliphatic heterocycles. The Bertz CT molecular complexity index is 675. The molecule has 0 saturated carbocycles. The third-order valence-corrected chi connectivity index (χ3v) is 3.54. The zero-order chi connectivity index (χ0) is 14.7. The molecule has 2 aromatic heterocycles. The first-order chi connectivity index (χ1) is 10.2. The molecule has 1 amide bonds. The molecule has 1 saturated heterocycles. The van der Waals surface area contributed by atoms with Crippen LogP contribution in [-0.4, -0.2) is 47.0 Å². The lowest BCUT2D eigenvalue weighted by atomic mass is 10.2. The molecule has 3 heterocycles. The fourth-order valence-corrected chi connectivity index (χ4v) is 2.42. The molecule has 0 unspecified atom stereocenters. The lowest BCUT2D eigenvalue weighted by Crippen LogP contribution is -2.49. The van der Waals surface area contributed by atoms with Crippen LogP contribution in [0.25, 0.3) is 0 Å². The lowest BCUT2D eigenvalue weighted by molar-refractivity contribution is 0.0740. The van der Waals surface area contributed by atoms with E-state index in [2.05, 4.69) is 14.9 Å². The van der Waals surface area contributed by atoms with Crippen LogP contribution in [0.4, 0.5) is 5.82 Å². The van der Waals surface area contributed by atoms with Gasteiger partial charge in [0.2, 0.25) is 5.56 Å². The Morgan fingerprint density at radius 1 is 1.05 bits per heavy atom. The summed E-state index contributed by atoms with van der Waals surface area (Å²) in [7, 11) is 0. The van der Waals surface area contributed by atoms with Gasteiger partial charge in [0.1, 0.15) is 11.5 Å². The summed E-state index contributed by atoms with van der Waals surface area (Å²) < 4.78 is 0. The van der Waals surface area contributed by atoms with E-state index in [1.165, 1.54) is 6.07 Å². The molecule has 2 aromatic rings. The van der Waals surface area contributed by atoms with Crippen LogP contribution < -0.4 is 10.5 Å². The quantitative estimate of drug-likeness (QED) is 0.883. The van der Waals surface area contributed by atoms with Crippen molar-refractivity contribution < 1.29 is 4.79 Å². The number of rotatable bonds is 2. The average molecular weight is 284 g/mol. The normalized spacial score (nSPS) is 15.0. The molecule has 0 aromatic carbocycles. The van der Waals surface area contributed by atoms with Crippen LogP contribution >= 0.6 is 0 Å². The van der Waals surface area contributed by atoms with E-state index in [0.717, 1.165) is 18.9 Å². The Kier molecular flexibility index (Phi) is 3.68. The van der Waals surface area contributed by atoms with Crippen LogP contribution in [0.3, 0.4) is 0 Å². The van der Waals surface area contributed by atoms with Gasteiger partial charge in [-0.15, -0.1) is 0 Å². The third kappa shape index (κ3) is 2.94. The minimum Gasteiger partial charge on any atom is -0.353 e. The van der Waals surface area contributed by atoms with E-state index in [1.54, 1.807) is 23.2 Å². The average Bonchev–Trinajstić information content (AvgIpc) is 2.55. The number of nitrogens with zero attached hydrogens (tertiary/aromatic N) is 3. The molecule has 1 N–H and O–H groups in total. The summed E-state index contributed by atoms with van der Waals surface area (Å²) in [5.41, 5.74) is 0.0850. The first kappa shape index (κ1) is 13.4. The van der Waals surface area contributed by atoms with Gasteiger partial charge < -0.3 is 14.8 Å². The minimum atomic E-state index is -0.257. The van der Waals surface area contributed by atoms with Crippen molar-refractivity contribution in [3.05, 3.63) is 58.6 Å². The Balaban J connectivity index is 1.66. The van der Waals surface area contributed by atoms with Gasteiger partial charge in [-0.2, -0.15) is 0 Å². The summed E-state index contributed by atoms with van der Waals surface area (Å²) in [5, 5.41) is 0. The number of H-pyrrole nitrogens is 1. The molecule has 0 bridgehead atoms. The number of carbonyl (C=O) groups is 1. The van der Waals surface area contributed by atoms with Gasteiger partial charge in [-0.1, -0.05) is 12.1 Å². The van der Waals surface area contributed by atoms with Crippen molar-refractivity contribution in [2.75, 3.05) is 31.1 Å². The zero-order valence-corrected chi connectivity index (χ0v) is 11.5. The number of nitrogens with one attached hydrogen (secondary N) is 1. The van der Waals surface area contributed by atoms with Crippen molar-refractivity contribution in [2.24, 2.45) is 0 Å². The predicted octanol–water partition coefficient (Wildman–Crippen LogP) is 0.732. The molecule has 1 aliphatic rings. The molecule has 0 aliphatic carbocycles. The van der Waals surface area contributed by atoms with E-state index in [-0.39, 0.29) is 11.5 Å². The van der Waals surface area contributed by atoms with Crippen molar-refractivity contribution in [3.63, 3.8) is 0 Å². The monoisotopic (exact) mass is 284 g/mol. The number of pyridine rings is 2. The van der Waals surface area contributed by atoms with Crippen molar-refractivity contribution in [3.8, 4) is 0 Å². The minimum absolute atomic E-state index is 0.131. The lowest BCUT2D eigenvalue weighted by Gasteiger charge is -2.35. The van der Waals surface area contributed by atoms with Crippen molar-refractivity contribution in [2.45, 2.75) is 0 Å². The van der Waals surface area contributed by atoms with Gasteiger partial charge in [0.15, 0.2) is 0 Å². The highest BCUT2D eigenvalue weighted by molar-refractivity contribution is 5.92. The highest BCUT2D eigenvalue weighted by Gasteiger charge is 2.23. The molecule has 3 rings (SSSR count). The fourth-order valence-electron chi connectivity index (χ4n) is 2.42. The smallest absolute Gasteiger partial charge is 0.270 e. The standard InChI is InChI=1S/C15H16N4O2/c20-14-6-3-4-12(17-14)15(21)19-10-8-18(9-11-19)13-5-1-2-7-16-13/h1-7H,8-11H2,(H,17,20). The summed E-state index contributed by atoms with van der Waals surface area (Å²) in [6, 6.07) is 10.4. The number of anilines is 1. The first-order valence-corrected chi connectivity index (χ1v) is 6.88. The molecule has 6 nitrogen and oxygen atoms in total. The highest BCUT2D eigenvalue weighted by atomic mass is 16.2. The molecule has 6 heteroatoms. The number of piperazine rings is 1. The van der Waals surface area contributed by atoms with Gasteiger partial charge in [0.05, 0.1) is 0 Å². The maximum absolute atomic E-state index is 12.3. The van der Waals surface area contributed by atoms with Crippen LogP contribution in [-0.2, 0) is 0 Å². The summed E-state index contributed by atoms with van der Waals surface area (Å²) in [5.74, 6) is 0.797. The van der Waals surface area contributed by atoms with Crippen molar-refractivity contribution in [1.82, 2.24) is 14.9 Å². The van der Waals surface area contributed by atoms with Crippen LogP contribution in [0.1, 0.15) is 10.5 Å². The summed E-state index contributed by atoms with van der Waals surface area (Å²) in [6.07, 6.45) is 1.77. The van der Waals surface area contributed by atoms with E-state index in [1.807, 2.05) is 18.2 Å². The van der Waals surface area contributed by atoms with E-state index >= 15 is 0 Å². The number of amides is 1. The van der Waals surface area contributed by atoms with Gasteiger partial charge >= 0.3 is 0 Å². The third-order valence-electron chi connectivity index (χ3n) is 3.54. The summed E-state index contributed by atoms with van der Waals surface area (Å²) in [4.78, 5) is 34.4. The fraction of sp³-hybridized carbons (Fsp3) is 0.267. The zero-order valence-electron chi connectivity index (χ0n) is 11.5. The Morgan fingerprint density at radius 2 is 1.86 bits per heavy atom. The maximum Gasteiger partial charge on any atom is 0.270 e. The Hall–Kier alpha value is -2.63. The predicted molar refractivity (Wildman–Crippen MR) is 79.4 cm³/mol. The molecular formula is C15H16N4O2. The SMILES string of the molecule is O=C(c1cccc(=O)[nH]1)N1CCN(c2ccccn2)CC1. The molecule has 0 atom stereocenters. The van der Waals surface area contributed by atoms with Gasteiger partial charge in [-0.25, -0.2) is 4.98 Å². The molecule has 108 valence electrons. The van der Waals surface area contributed by atoms with Crippen LogP contribution in [0.5, 0.6) is 0 Å². The Labute approximate surface area is 122 Å². The largest absolute Gasteiger partial charge is 0.353 e. The maximum atomic E-state index is 12.3. The molecule has 0 radical (unpaired) electrons. The number of hydrogen-bond donors (Lipinski definition) is 1. The van der Waals surface area contributed by atoms with Crippen LogP contribution in [0.2, 0.25) is 0 Å². The van der Waals surface area contributed by atoms with Crippen molar-refractivity contribution >= 4 is 11.7 Å². The molecule has 21 heavy (non-hydrogen) atoms. The van der Waals surface area contributed by atoms with E-state index in [4.69, 9.17) is 0 Å². The number of hydrogen-bond acceptors (Lipinski definition) is 4. The van der Waals surface area contributed by atoms with Crippen LogP contribution in [0.15, 0.2) is 47.4 Å². The second-order valence-electron chi connectivity index (χ2n) is 4.90. The second kappa shape index (κ2) is 5.78. The Morgan fingerprint density at radius 3 is 2.52 bits per heavy atom. The van der Waals surface area contributed by atoms with Crippen LogP contribution in [0, 0.1) is 0 Å². The molecular weight excluding hydrogens is 268 g/mol. The molecule has 1 fully saturated rings. The number of aromatic nitrogens is 2. The summed E-state index contributed by atoms with van der Waals surface area (Å²) >= 11 is 0. The molecule has 0 spiro atoms. The van der Waals surface area contributed by atoms with Gasteiger partial charge in [0.25, 0.3) is 5.91 Å². The second-order valence-corrected chi connectivity index (χ2v) is 4.90. The highest BCUT2D eigenvalue weighted by Crippen LogP contribution is 2.13. The van der Waals surface area contributed by atoms with Crippen molar-refractivity contribution in [1.29, 1.82) is 0 Å². The summed E-state index contributed by atoms with van der Waals surface area (Å²) in [6.45, 7) is 2.71. The van der Waals surface area contributed by atoms with Gasteiger partial charge in [-0.3, -0.25) is 9.59 Å². The number of aromatic amines is 1. The first-order valence-electron chi connectivity index (χ1n) is 6.88. The van der Waals surface area contributed by atoms with E-state index in [0.29, 0.717) is 18.8 Å².